The molecule has 0 aliphatic carbocycles. The van der Waals surface area contributed by atoms with Gasteiger partial charge in [0.15, 0.2) is 0 Å². The zero-order valence-corrected chi connectivity index (χ0v) is 34.1. The molecule has 0 N–H and O–H groups in total. The molecule has 0 aromatic heterocycles. The minimum atomic E-state index is -0.826. The van der Waals surface area contributed by atoms with Crippen molar-refractivity contribution in [2.45, 2.75) is 46.7 Å². The van der Waals surface area contributed by atoms with Gasteiger partial charge in [-0.15, -0.1) is 68.6 Å². The molecule has 0 spiro atoms. The number of hydrogen-bond acceptors (Lipinski definition) is 0. The van der Waals surface area contributed by atoms with E-state index in [0.717, 1.165) is 9.52 Å². The number of fused-ring (bicyclic) bond motifs is 5. The second kappa shape index (κ2) is 17.6. The van der Waals surface area contributed by atoms with Crippen molar-refractivity contribution in [3.05, 3.63) is 156 Å². The van der Waals surface area contributed by atoms with Gasteiger partial charge in [-0.05, 0) is 38.6 Å². The Kier molecular flexibility index (Phi) is 13.3. The molecular weight excluding hydrogens is 731 g/mol. The van der Waals surface area contributed by atoms with Gasteiger partial charge in [0.25, 0.3) is 0 Å². The van der Waals surface area contributed by atoms with Crippen molar-refractivity contribution in [1.29, 1.82) is 0 Å². The number of benzene rings is 6. The third kappa shape index (κ3) is 8.56. The van der Waals surface area contributed by atoms with Crippen molar-refractivity contribution in [1.82, 2.24) is 0 Å². The Bertz CT molecular complexity index is 2280. The van der Waals surface area contributed by atoms with Crippen LogP contribution in [-0.2, 0) is 20.8 Å². The molecule has 0 amide bonds. The van der Waals surface area contributed by atoms with Crippen LogP contribution in [0.25, 0.3) is 65.3 Å². The Morgan fingerprint density at radius 3 is 1.94 bits per heavy atom. The molecule has 2 radical (unpaired) electrons. The first kappa shape index (κ1) is 37.0. The molecule has 0 atom stereocenters. The Balaban J connectivity index is 0.000000171. The Morgan fingerprint density at radius 2 is 1.20 bits per heavy atom. The molecule has 0 bridgehead atoms. The van der Waals surface area contributed by atoms with Gasteiger partial charge in [-0.3, -0.25) is 0 Å². The normalized spacial score (nSPS) is 10.6. The second-order valence-electron chi connectivity index (χ2n) is 12.7. The second-order valence-corrected chi connectivity index (χ2v) is 17.4. The van der Waals surface area contributed by atoms with E-state index in [1.165, 1.54) is 82.0 Å². The molecule has 0 aliphatic rings. The van der Waals surface area contributed by atoms with Gasteiger partial charge in [-0.1, -0.05) is 149 Å². The zero-order chi connectivity index (χ0) is 34.9. The van der Waals surface area contributed by atoms with E-state index in [4.69, 9.17) is 17.0 Å². The predicted octanol–water partition coefficient (Wildman–Crippen LogP) is 14.7. The fourth-order valence-corrected chi connectivity index (χ4v) is 6.56. The van der Waals surface area contributed by atoms with Crippen molar-refractivity contribution in [2.75, 3.05) is 0 Å². The number of aryl methyl sites for hydroxylation is 2. The summed E-state index contributed by atoms with van der Waals surface area (Å²) in [7, 11) is 11.0. The van der Waals surface area contributed by atoms with E-state index in [0.29, 0.717) is 5.92 Å². The molecule has 8 rings (SSSR count). The third-order valence-corrected chi connectivity index (χ3v) is 8.85. The van der Waals surface area contributed by atoms with Crippen LogP contribution in [0.1, 0.15) is 36.5 Å². The van der Waals surface area contributed by atoms with Gasteiger partial charge in [0.2, 0.25) is 0 Å². The van der Waals surface area contributed by atoms with Crippen LogP contribution < -0.4 is 0 Å². The summed E-state index contributed by atoms with van der Waals surface area (Å²) in [5, 5.41) is 10.7. The van der Waals surface area contributed by atoms with Crippen LogP contribution in [0, 0.1) is 13.8 Å². The third-order valence-electron chi connectivity index (χ3n) is 8.85. The molecule has 8 aromatic carbocycles. The van der Waals surface area contributed by atoms with Crippen molar-refractivity contribution in [3.8, 4) is 22.3 Å². The van der Waals surface area contributed by atoms with Crippen molar-refractivity contribution in [3.63, 3.8) is 0 Å². The van der Waals surface area contributed by atoms with E-state index >= 15 is 0 Å². The molecule has 0 aliphatic heterocycles. The summed E-state index contributed by atoms with van der Waals surface area (Å²) in [6.45, 7) is 13.2. The molecule has 0 nitrogen and oxygen atoms in total. The predicted molar refractivity (Wildman–Crippen MR) is 218 cm³/mol. The standard InChI is InChI=1S/C25H19.C18H17.C2H6Si.2ClH.Zr/c1-16-14-24-17(2)10-12-23(25(24)15-16)21-9-5-8-20-19-7-4-3-6-18(19)11-13-22(20)21;1-13(2)16-11-15-9-6-10-17(18(15)12-16)14-7-4-3-5-8-14;1-3-2;;;/h3-15H,1-2H3;3-13H,1-2H3;1-2H3;2*1H;/q2*-1;;;;+4/p-2. The Labute approximate surface area is 313 Å². The van der Waals surface area contributed by atoms with Crippen molar-refractivity contribution >= 4 is 69.6 Å². The van der Waals surface area contributed by atoms with Gasteiger partial charge >= 0.3 is 37.9 Å². The van der Waals surface area contributed by atoms with E-state index < -0.39 is 20.8 Å². The molecule has 8 aromatic rings. The van der Waals surface area contributed by atoms with Gasteiger partial charge in [-0.25, -0.2) is 0 Å². The van der Waals surface area contributed by atoms with Crippen LogP contribution in [-0.4, -0.2) is 9.52 Å². The molecule has 0 unspecified atom stereocenters. The maximum atomic E-state index is 4.93. The fraction of sp³-hybridized carbons (Fsp3) is 0.156. The van der Waals surface area contributed by atoms with E-state index in [1.807, 2.05) is 0 Å². The van der Waals surface area contributed by atoms with E-state index in [2.05, 4.69) is 180 Å². The first-order valence-electron chi connectivity index (χ1n) is 16.7. The van der Waals surface area contributed by atoms with Gasteiger partial charge in [0, 0.05) is 9.52 Å². The average molecular weight is 773 g/mol. The average Bonchev–Trinajstić information content (AvgIpc) is 3.74. The van der Waals surface area contributed by atoms with Crippen LogP contribution in [0.5, 0.6) is 0 Å². The van der Waals surface area contributed by atoms with Gasteiger partial charge in [0.05, 0.1) is 0 Å². The molecule has 49 heavy (non-hydrogen) atoms. The zero-order valence-electron chi connectivity index (χ0n) is 29.1. The number of hydrogen-bond donors (Lipinski definition) is 0. The Hall–Kier alpha value is -3.26. The summed E-state index contributed by atoms with van der Waals surface area (Å²) in [4.78, 5) is 0. The molecule has 4 heteroatoms. The molecule has 244 valence electrons. The summed E-state index contributed by atoms with van der Waals surface area (Å²) in [6.07, 6.45) is 0. The van der Waals surface area contributed by atoms with Gasteiger partial charge in [0.1, 0.15) is 0 Å². The Morgan fingerprint density at radius 1 is 0.571 bits per heavy atom. The topological polar surface area (TPSA) is 0 Å². The first-order chi connectivity index (χ1) is 23.8. The molecule has 0 saturated carbocycles. The van der Waals surface area contributed by atoms with E-state index in [1.54, 1.807) is 0 Å². The summed E-state index contributed by atoms with van der Waals surface area (Å²) in [5.41, 5.74) is 9.37. The summed E-state index contributed by atoms with van der Waals surface area (Å²) >= 11 is -0.826. The van der Waals surface area contributed by atoms with Crippen LogP contribution in [0.4, 0.5) is 0 Å². The fourth-order valence-electron chi connectivity index (χ4n) is 6.56. The SMILES string of the molecule is CC(C)c1cc2c(-c3ccccc3)cccc2[cH-]1.C[Si]C.Cc1cc2c(-c3cccc4c3ccc3ccccc34)ccc(C)c2[cH-]1.[Cl][Zr+2][Cl]. The minimum absolute atomic E-state index is 0.584. The van der Waals surface area contributed by atoms with Crippen molar-refractivity contribution < 1.29 is 20.8 Å². The van der Waals surface area contributed by atoms with Crippen LogP contribution in [0.3, 0.4) is 0 Å². The quantitative estimate of drug-likeness (QED) is 0.0953. The van der Waals surface area contributed by atoms with E-state index in [9.17, 15) is 0 Å². The van der Waals surface area contributed by atoms with Gasteiger partial charge in [-0.2, -0.15) is 12.1 Å². The molecule has 0 heterocycles. The maximum absolute atomic E-state index is 4.93. The number of halogens is 2. The van der Waals surface area contributed by atoms with Crippen LogP contribution in [0.2, 0.25) is 13.1 Å². The van der Waals surface area contributed by atoms with Gasteiger partial charge < -0.3 is 0 Å². The van der Waals surface area contributed by atoms with Crippen LogP contribution >= 0.6 is 17.0 Å². The molecule has 0 fully saturated rings. The summed E-state index contributed by atoms with van der Waals surface area (Å²) in [5.74, 6) is 0.584. The van der Waals surface area contributed by atoms with E-state index in [-0.39, 0.29) is 0 Å². The van der Waals surface area contributed by atoms with Crippen molar-refractivity contribution in [2.24, 2.45) is 0 Å². The first-order valence-corrected chi connectivity index (χ1v) is 25.0. The molecule has 0 saturated heterocycles. The summed E-state index contributed by atoms with van der Waals surface area (Å²) < 4.78 is 0. The van der Waals surface area contributed by atoms with Crippen LogP contribution in [0.15, 0.2) is 140 Å². The summed E-state index contributed by atoms with van der Waals surface area (Å²) in [6, 6.07) is 50.8. The number of rotatable bonds is 3. The monoisotopic (exact) mass is 770 g/mol. The molecular formula is C45H42Cl2SiZr.